The van der Waals surface area contributed by atoms with E-state index in [0.717, 1.165) is 24.5 Å². The Hall–Kier alpha value is -2.36. The number of amides is 1. The number of rotatable bonds is 9. The molecule has 0 atom stereocenters. The third-order valence-electron chi connectivity index (χ3n) is 4.14. The number of carbonyl (C=O) groups excluding carboxylic acids is 1. The zero-order valence-corrected chi connectivity index (χ0v) is 21.7. The first-order valence-corrected chi connectivity index (χ1v) is 11.8. The summed E-state index contributed by atoms with van der Waals surface area (Å²) in [5.74, 6) is 1.34. The molecule has 32 heavy (non-hydrogen) atoms. The van der Waals surface area contributed by atoms with Gasteiger partial charge in [0.25, 0.3) is 5.91 Å². The summed E-state index contributed by atoms with van der Waals surface area (Å²) in [6.45, 7) is 0.247. The molecule has 0 heterocycles. The largest absolute Gasteiger partial charge is 0.493 e. The van der Waals surface area contributed by atoms with Crippen molar-refractivity contribution in [1.29, 1.82) is 0 Å². The number of hydrazone groups is 1. The van der Waals surface area contributed by atoms with E-state index in [1.165, 1.54) is 6.21 Å². The number of hydrogen-bond donors (Lipinski definition) is 1. The van der Waals surface area contributed by atoms with Crippen molar-refractivity contribution in [3.05, 3.63) is 85.2 Å². The summed E-state index contributed by atoms with van der Waals surface area (Å²) in [7, 11) is 1.57. The Labute approximate surface area is 211 Å². The highest BCUT2D eigenvalue weighted by Gasteiger charge is 2.10. The van der Waals surface area contributed by atoms with E-state index >= 15 is 0 Å². The number of halogens is 3. The van der Waals surface area contributed by atoms with Crippen molar-refractivity contribution in [3.8, 4) is 17.2 Å². The molecular weight excluding hydrogens is 608 g/mol. The van der Waals surface area contributed by atoms with Gasteiger partial charge in [0, 0.05) is 4.47 Å². The van der Waals surface area contributed by atoms with Gasteiger partial charge in [0.2, 0.25) is 0 Å². The molecule has 1 amide bonds. The second-order valence-corrected chi connectivity index (χ2v) is 9.09. The normalized spacial score (nSPS) is 10.8. The van der Waals surface area contributed by atoms with Gasteiger partial charge in [-0.25, -0.2) is 5.43 Å². The highest BCUT2D eigenvalue weighted by atomic mass is 79.9. The molecule has 0 saturated carbocycles. The number of ether oxygens (including phenoxy) is 3. The fraction of sp³-hybridized carbons (Fsp3) is 0.130. The van der Waals surface area contributed by atoms with Crippen LogP contribution >= 0.6 is 47.8 Å². The van der Waals surface area contributed by atoms with Gasteiger partial charge in [-0.2, -0.15) is 5.10 Å². The first-order chi connectivity index (χ1) is 15.5. The number of nitrogens with zero attached hydrogens (tertiary/aromatic N) is 1. The lowest BCUT2D eigenvalue weighted by Crippen LogP contribution is -2.24. The molecule has 0 fully saturated rings. The maximum Gasteiger partial charge on any atom is 0.277 e. The van der Waals surface area contributed by atoms with Crippen LogP contribution in [0.4, 0.5) is 0 Å². The van der Waals surface area contributed by atoms with E-state index in [1.54, 1.807) is 19.2 Å². The molecule has 0 aliphatic heterocycles. The lowest BCUT2D eigenvalue weighted by atomic mass is 10.2. The second kappa shape index (κ2) is 12.0. The minimum atomic E-state index is -0.391. The van der Waals surface area contributed by atoms with Crippen molar-refractivity contribution in [2.24, 2.45) is 5.10 Å². The fourth-order valence-corrected chi connectivity index (χ4v) is 5.12. The average molecular weight is 627 g/mol. The molecule has 3 rings (SSSR count). The Kier molecular flexibility index (Phi) is 9.13. The number of methoxy groups -OCH3 is 1. The average Bonchev–Trinajstić information content (AvgIpc) is 2.78. The molecule has 1 N–H and O–H groups in total. The van der Waals surface area contributed by atoms with Crippen LogP contribution in [-0.2, 0) is 11.4 Å². The van der Waals surface area contributed by atoms with Crippen LogP contribution in [0.1, 0.15) is 11.1 Å². The Morgan fingerprint density at radius 2 is 1.69 bits per heavy atom. The number of nitrogens with one attached hydrogen (secondary N) is 1. The van der Waals surface area contributed by atoms with E-state index < -0.39 is 5.91 Å². The summed E-state index contributed by atoms with van der Waals surface area (Å²) in [6.07, 6.45) is 1.52. The first kappa shape index (κ1) is 24.3. The molecule has 0 radical (unpaired) electrons. The van der Waals surface area contributed by atoms with Gasteiger partial charge in [-0.05, 0) is 73.3 Å². The third kappa shape index (κ3) is 7.08. The van der Waals surface area contributed by atoms with Gasteiger partial charge in [0.1, 0.15) is 12.4 Å². The lowest BCUT2D eigenvalue weighted by molar-refractivity contribution is -0.123. The molecule has 3 aromatic rings. The molecule has 0 bridgehead atoms. The Balaban J connectivity index is 1.54. The number of hydrogen-bond acceptors (Lipinski definition) is 5. The van der Waals surface area contributed by atoms with E-state index in [4.69, 9.17) is 14.2 Å². The van der Waals surface area contributed by atoms with Gasteiger partial charge < -0.3 is 14.2 Å². The SMILES string of the molecule is COc1cc(/C=N/NC(=O)COc2c(Br)cc(Br)cc2Br)ccc1OCc1ccccc1. The maximum absolute atomic E-state index is 12.1. The second-order valence-electron chi connectivity index (χ2n) is 6.46. The molecule has 0 saturated heterocycles. The maximum atomic E-state index is 12.1. The molecule has 9 heteroatoms. The fourth-order valence-electron chi connectivity index (χ4n) is 2.63. The van der Waals surface area contributed by atoms with Gasteiger partial charge in [0.05, 0.1) is 22.3 Å². The molecule has 0 aliphatic rings. The molecule has 3 aromatic carbocycles. The zero-order valence-electron chi connectivity index (χ0n) is 17.0. The summed E-state index contributed by atoms with van der Waals surface area (Å²) in [5, 5.41) is 3.98. The van der Waals surface area contributed by atoms with Crippen LogP contribution < -0.4 is 19.6 Å². The highest BCUT2D eigenvalue weighted by molar-refractivity contribution is 9.11. The van der Waals surface area contributed by atoms with Crippen molar-refractivity contribution in [2.45, 2.75) is 6.61 Å². The molecule has 166 valence electrons. The van der Waals surface area contributed by atoms with Crippen molar-refractivity contribution in [3.63, 3.8) is 0 Å². The predicted molar refractivity (Wildman–Crippen MR) is 135 cm³/mol. The highest BCUT2D eigenvalue weighted by Crippen LogP contribution is 2.36. The minimum Gasteiger partial charge on any atom is -0.493 e. The van der Waals surface area contributed by atoms with E-state index in [9.17, 15) is 4.79 Å². The molecule has 0 aromatic heterocycles. The van der Waals surface area contributed by atoms with Crippen LogP contribution in [0.3, 0.4) is 0 Å². The molecule has 6 nitrogen and oxygen atoms in total. The van der Waals surface area contributed by atoms with Crippen LogP contribution in [0, 0.1) is 0 Å². The topological polar surface area (TPSA) is 69.2 Å². The zero-order chi connectivity index (χ0) is 22.9. The minimum absolute atomic E-state index is 0.189. The van der Waals surface area contributed by atoms with Crippen molar-refractivity contribution >= 4 is 59.9 Å². The molecule has 0 unspecified atom stereocenters. The number of carbonyl (C=O) groups is 1. The lowest BCUT2D eigenvalue weighted by Gasteiger charge is -2.11. The summed E-state index contributed by atoms with van der Waals surface area (Å²) < 4.78 is 19.1. The van der Waals surface area contributed by atoms with E-state index in [1.807, 2.05) is 48.5 Å². The summed E-state index contributed by atoms with van der Waals surface area (Å²) in [5.41, 5.74) is 4.25. The van der Waals surface area contributed by atoms with E-state index in [-0.39, 0.29) is 6.61 Å². The van der Waals surface area contributed by atoms with Crippen molar-refractivity contribution < 1.29 is 19.0 Å². The monoisotopic (exact) mass is 624 g/mol. The molecular formula is C23H19Br3N2O4. The Morgan fingerprint density at radius 3 is 2.38 bits per heavy atom. The van der Waals surface area contributed by atoms with Crippen molar-refractivity contribution in [1.82, 2.24) is 5.43 Å². The van der Waals surface area contributed by atoms with E-state index in [0.29, 0.717) is 23.9 Å². The van der Waals surface area contributed by atoms with Gasteiger partial charge >= 0.3 is 0 Å². The van der Waals surface area contributed by atoms with Gasteiger partial charge in [-0.1, -0.05) is 46.3 Å². The van der Waals surface area contributed by atoms with Crippen LogP contribution in [-0.4, -0.2) is 25.8 Å². The summed E-state index contributed by atoms with van der Waals surface area (Å²) in [6, 6.07) is 18.9. The smallest absolute Gasteiger partial charge is 0.277 e. The van der Waals surface area contributed by atoms with Gasteiger partial charge in [-0.3, -0.25) is 4.79 Å². The Bertz CT molecular complexity index is 1080. The van der Waals surface area contributed by atoms with E-state index in [2.05, 4.69) is 58.3 Å². The summed E-state index contributed by atoms with van der Waals surface area (Å²) in [4.78, 5) is 12.1. The van der Waals surface area contributed by atoms with Crippen molar-refractivity contribution in [2.75, 3.05) is 13.7 Å². The van der Waals surface area contributed by atoms with Crippen LogP contribution in [0.25, 0.3) is 0 Å². The quantitative estimate of drug-likeness (QED) is 0.231. The van der Waals surface area contributed by atoms with Gasteiger partial charge in [0.15, 0.2) is 18.1 Å². The molecule has 0 aliphatic carbocycles. The summed E-state index contributed by atoms with van der Waals surface area (Å²) >= 11 is 10.2. The van der Waals surface area contributed by atoms with Crippen LogP contribution in [0.2, 0.25) is 0 Å². The first-order valence-electron chi connectivity index (χ1n) is 9.40. The predicted octanol–water partition coefficient (Wildman–Crippen LogP) is 6.09. The molecule has 0 spiro atoms. The van der Waals surface area contributed by atoms with Crippen LogP contribution in [0.15, 0.2) is 79.2 Å². The van der Waals surface area contributed by atoms with Gasteiger partial charge in [-0.15, -0.1) is 0 Å². The third-order valence-corrected chi connectivity index (χ3v) is 5.77. The number of benzene rings is 3. The standard InChI is InChI=1S/C23H19Br3N2O4/c1-30-21-9-16(7-8-20(21)31-13-15-5-3-2-4-6-15)12-27-28-22(29)14-32-23-18(25)10-17(24)11-19(23)26/h2-12H,13-14H2,1H3,(H,28,29)/b27-12+. The van der Waals surface area contributed by atoms with Crippen LogP contribution in [0.5, 0.6) is 17.2 Å². The Morgan fingerprint density at radius 1 is 0.969 bits per heavy atom.